The summed E-state index contributed by atoms with van der Waals surface area (Å²) in [5.41, 5.74) is 1.61. The van der Waals surface area contributed by atoms with Crippen LogP contribution in [0.2, 0.25) is 5.02 Å². The molecule has 0 radical (unpaired) electrons. The van der Waals surface area contributed by atoms with Crippen LogP contribution < -0.4 is 5.32 Å². The summed E-state index contributed by atoms with van der Waals surface area (Å²) in [5.74, 6) is 0.900. The Balaban J connectivity index is 1.17. The van der Waals surface area contributed by atoms with Gasteiger partial charge in [-0.1, -0.05) is 32.4 Å². The fourth-order valence-corrected chi connectivity index (χ4v) is 11.4. The van der Waals surface area contributed by atoms with E-state index in [0.717, 1.165) is 68.0 Å². The number of carbonyl (C=O) groups is 3. The smallest absolute Gasteiger partial charge is 0.305 e. The summed E-state index contributed by atoms with van der Waals surface area (Å²) < 4.78 is 24.0. The minimum Gasteiger partial charge on any atom is -0.469 e. The minimum atomic E-state index is -0.274. The van der Waals surface area contributed by atoms with Crippen LogP contribution in [0.25, 0.3) is 10.9 Å². The molecule has 9 nitrogen and oxygen atoms in total. The van der Waals surface area contributed by atoms with Gasteiger partial charge in [-0.25, -0.2) is 0 Å². The van der Waals surface area contributed by atoms with Gasteiger partial charge in [-0.3, -0.25) is 19.4 Å². The van der Waals surface area contributed by atoms with E-state index in [-0.39, 0.29) is 76.6 Å². The Labute approximate surface area is 301 Å². The number of halogens is 1. The zero-order valence-electron chi connectivity index (χ0n) is 30.5. The second kappa shape index (κ2) is 15.0. The first-order valence-electron chi connectivity index (χ1n) is 18.7. The monoisotopic (exact) mass is 710 g/mol. The summed E-state index contributed by atoms with van der Waals surface area (Å²) in [6.45, 7) is 11.3. The third kappa shape index (κ3) is 7.10. The molecule has 0 aliphatic heterocycles. The van der Waals surface area contributed by atoms with Crippen LogP contribution in [0.15, 0.2) is 30.5 Å². The molecule has 11 atom stereocenters. The van der Waals surface area contributed by atoms with Gasteiger partial charge in [0.25, 0.3) is 0 Å². The van der Waals surface area contributed by atoms with E-state index in [1.54, 1.807) is 6.20 Å². The van der Waals surface area contributed by atoms with Crippen molar-refractivity contribution in [2.45, 2.75) is 111 Å². The highest BCUT2D eigenvalue weighted by molar-refractivity contribution is 6.31. The summed E-state index contributed by atoms with van der Waals surface area (Å²) in [6.07, 6.45) is 9.13. The fourth-order valence-electron chi connectivity index (χ4n) is 11.3. The Kier molecular flexibility index (Phi) is 11.0. The molecule has 10 heteroatoms. The van der Waals surface area contributed by atoms with E-state index < -0.39 is 0 Å². The molecule has 0 amide bonds. The van der Waals surface area contributed by atoms with Gasteiger partial charge in [0.05, 0.1) is 25.3 Å². The Morgan fingerprint density at radius 2 is 1.80 bits per heavy atom. The van der Waals surface area contributed by atoms with E-state index >= 15 is 0 Å². The van der Waals surface area contributed by atoms with Crippen LogP contribution >= 0.6 is 11.6 Å². The lowest BCUT2D eigenvalue weighted by Gasteiger charge is -2.64. The van der Waals surface area contributed by atoms with Crippen LogP contribution in [0.5, 0.6) is 0 Å². The van der Waals surface area contributed by atoms with E-state index in [4.69, 9.17) is 30.5 Å². The highest BCUT2D eigenvalue weighted by Gasteiger charge is 2.67. The molecule has 50 heavy (non-hydrogen) atoms. The first kappa shape index (κ1) is 36.9. The number of hydrogen-bond acceptors (Lipinski definition) is 9. The molecule has 1 aromatic heterocycles. The van der Waals surface area contributed by atoms with Crippen LogP contribution in [0.4, 0.5) is 5.69 Å². The fraction of sp³-hybridized carbons (Fsp3) is 0.700. The highest BCUT2D eigenvalue weighted by Crippen LogP contribution is 2.69. The number of nitrogens with one attached hydrogen (secondary N) is 1. The molecule has 1 N–H and O–H groups in total. The minimum absolute atomic E-state index is 0.0188. The van der Waals surface area contributed by atoms with Crippen LogP contribution in [-0.2, 0) is 33.3 Å². The zero-order valence-corrected chi connectivity index (χ0v) is 31.3. The Morgan fingerprint density at radius 1 is 1.02 bits per heavy atom. The Hall–Kier alpha value is -2.91. The molecule has 0 saturated heterocycles. The van der Waals surface area contributed by atoms with Gasteiger partial charge in [-0.2, -0.15) is 0 Å². The second-order valence-corrected chi connectivity index (χ2v) is 16.5. The molecule has 4 unspecified atom stereocenters. The van der Waals surface area contributed by atoms with Crippen LogP contribution in [0.1, 0.15) is 92.4 Å². The standard InChI is InChI=1S/C40H55ClN2O7/c1-23(7-12-37(46)47-6)30-10-11-31-38-32(22-36(40(30,31)5)50-25(3)45)39(4)15-13-28(19-26(39)20-35(38)49-24(2)44)48-18-17-43-33-14-16-42-34-21-27(41)8-9-29(33)34/h8-9,14,16,21,23,26,28,30-32,35-36,38H,7,10-13,15,17-20,22H2,1-6H3,(H,42,43)/t23?,26-,28+,30+,31?,32?,35+,36-,38?,39-,40+/m0/s1. The summed E-state index contributed by atoms with van der Waals surface area (Å²) in [4.78, 5) is 41.8. The van der Waals surface area contributed by atoms with Gasteiger partial charge in [0.15, 0.2) is 0 Å². The number of fused-ring (bicyclic) bond motifs is 6. The number of pyridine rings is 1. The van der Waals surface area contributed by atoms with Crippen molar-refractivity contribution in [1.29, 1.82) is 0 Å². The number of methoxy groups -OCH3 is 1. The summed E-state index contributed by atoms with van der Waals surface area (Å²) in [7, 11) is 1.43. The summed E-state index contributed by atoms with van der Waals surface area (Å²) in [5, 5.41) is 5.21. The number of aromatic nitrogens is 1. The van der Waals surface area contributed by atoms with Gasteiger partial charge in [0.2, 0.25) is 0 Å². The van der Waals surface area contributed by atoms with Crippen LogP contribution in [0.3, 0.4) is 0 Å². The number of hydrogen-bond donors (Lipinski definition) is 1. The molecular weight excluding hydrogens is 656 g/mol. The number of benzene rings is 1. The number of anilines is 1. The van der Waals surface area contributed by atoms with Crippen molar-refractivity contribution in [3.05, 3.63) is 35.5 Å². The molecule has 4 aliphatic carbocycles. The Morgan fingerprint density at radius 3 is 2.54 bits per heavy atom. The van der Waals surface area contributed by atoms with Crippen molar-refractivity contribution in [3.63, 3.8) is 0 Å². The number of carbonyl (C=O) groups excluding carboxylic acids is 3. The van der Waals surface area contributed by atoms with E-state index in [9.17, 15) is 14.4 Å². The third-order valence-corrected chi connectivity index (χ3v) is 13.8. The summed E-state index contributed by atoms with van der Waals surface area (Å²) in [6, 6.07) is 7.72. The summed E-state index contributed by atoms with van der Waals surface area (Å²) >= 11 is 6.17. The third-order valence-electron chi connectivity index (χ3n) is 13.6. The van der Waals surface area contributed by atoms with Crippen LogP contribution in [-0.4, -0.2) is 61.5 Å². The number of esters is 3. The van der Waals surface area contributed by atoms with E-state index in [2.05, 4.69) is 31.1 Å². The molecule has 4 fully saturated rings. The van der Waals surface area contributed by atoms with Crippen molar-refractivity contribution in [2.75, 3.05) is 25.6 Å². The molecule has 1 aromatic carbocycles. The predicted octanol–water partition coefficient (Wildman–Crippen LogP) is 8.02. The maximum atomic E-state index is 12.7. The van der Waals surface area contributed by atoms with Crippen molar-refractivity contribution in [3.8, 4) is 0 Å². The molecule has 274 valence electrons. The van der Waals surface area contributed by atoms with Crippen molar-refractivity contribution in [2.24, 2.45) is 46.3 Å². The van der Waals surface area contributed by atoms with Gasteiger partial charge in [0, 0.05) is 60.4 Å². The van der Waals surface area contributed by atoms with Gasteiger partial charge < -0.3 is 24.3 Å². The topological polar surface area (TPSA) is 113 Å². The molecule has 2 aromatic rings. The molecule has 6 rings (SSSR count). The normalized spacial score (nSPS) is 35.3. The predicted molar refractivity (Wildman–Crippen MR) is 192 cm³/mol. The number of ether oxygens (including phenoxy) is 4. The van der Waals surface area contributed by atoms with E-state index in [0.29, 0.717) is 30.5 Å². The second-order valence-electron chi connectivity index (χ2n) is 16.1. The lowest BCUT2D eigenvalue weighted by atomic mass is 9.43. The van der Waals surface area contributed by atoms with E-state index in [1.807, 2.05) is 24.3 Å². The molecule has 0 bridgehead atoms. The lowest BCUT2D eigenvalue weighted by Crippen LogP contribution is -2.63. The van der Waals surface area contributed by atoms with Crippen molar-refractivity contribution < 1.29 is 33.3 Å². The van der Waals surface area contributed by atoms with Gasteiger partial charge in [-0.15, -0.1) is 0 Å². The first-order chi connectivity index (χ1) is 23.8. The number of rotatable bonds is 11. The van der Waals surface area contributed by atoms with E-state index in [1.165, 1.54) is 21.0 Å². The largest absolute Gasteiger partial charge is 0.469 e. The molecule has 4 aliphatic rings. The average molecular weight is 711 g/mol. The maximum Gasteiger partial charge on any atom is 0.305 e. The van der Waals surface area contributed by atoms with Crippen molar-refractivity contribution in [1.82, 2.24) is 4.98 Å². The van der Waals surface area contributed by atoms with Crippen molar-refractivity contribution >= 4 is 46.1 Å². The van der Waals surface area contributed by atoms with Crippen LogP contribution in [0, 0.1) is 46.3 Å². The highest BCUT2D eigenvalue weighted by atomic mass is 35.5. The van der Waals surface area contributed by atoms with Gasteiger partial charge in [0.1, 0.15) is 12.2 Å². The first-order valence-corrected chi connectivity index (χ1v) is 19.0. The molecule has 0 spiro atoms. The number of nitrogens with zero attached hydrogens (tertiary/aromatic N) is 1. The van der Waals surface area contributed by atoms with Gasteiger partial charge in [-0.05, 0) is 111 Å². The average Bonchev–Trinajstić information content (AvgIpc) is 3.43. The Bertz CT molecular complexity index is 1570. The maximum absolute atomic E-state index is 12.7. The molecule has 4 saturated carbocycles. The lowest BCUT2D eigenvalue weighted by molar-refractivity contribution is -0.224. The quantitative estimate of drug-likeness (QED) is 0.141. The molecular formula is C40H55ClN2O7. The molecule has 1 heterocycles. The van der Waals surface area contributed by atoms with Gasteiger partial charge >= 0.3 is 17.9 Å². The zero-order chi connectivity index (χ0) is 35.8. The SMILES string of the molecule is COC(=O)CCC(C)[C@H]1CCC2C3C(C[C@H](OC(C)=O)[C@@]21C)[C@@]1(C)CC[C@@H](OCCNc2ccnc4cc(Cl)ccc24)C[C@H]1C[C@H]3OC(C)=O.